The van der Waals surface area contributed by atoms with Crippen molar-refractivity contribution in [3.63, 3.8) is 0 Å². The summed E-state index contributed by atoms with van der Waals surface area (Å²) in [5.74, 6) is -0.306. The van der Waals surface area contributed by atoms with Crippen LogP contribution in [0.5, 0.6) is 0 Å². The maximum absolute atomic E-state index is 13.3. The van der Waals surface area contributed by atoms with E-state index >= 15 is 0 Å². The summed E-state index contributed by atoms with van der Waals surface area (Å²) < 4.78 is 1.53. The van der Waals surface area contributed by atoms with Crippen LogP contribution in [0.3, 0.4) is 0 Å². The van der Waals surface area contributed by atoms with Crippen molar-refractivity contribution in [2.24, 2.45) is 0 Å². The Balaban J connectivity index is 1.29. The standard InChI is InChI=1S/C25H23ClN6O2S/c1-25(2)15-30(23(33)20-14-35-22(28-20)17-7-4-3-5-8-17)11-12-31(25)24(34)21-27-16-32(29-21)19-10-6-9-18(26)13-19/h3-10,13-14,16H,11-12,15H2,1-2H3. The minimum atomic E-state index is -0.606. The second-order valence-electron chi connectivity index (χ2n) is 8.89. The van der Waals surface area contributed by atoms with E-state index in [0.717, 1.165) is 16.3 Å². The van der Waals surface area contributed by atoms with Gasteiger partial charge in [0.25, 0.3) is 11.8 Å². The lowest BCUT2D eigenvalue weighted by Gasteiger charge is -2.46. The van der Waals surface area contributed by atoms with Gasteiger partial charge in [0.15, 0.2) is 0 Å². The molecule has 4 aromatic rings. The van der Waals surface area contributed by atoms with Crippen LogP contribution < -0.4 is 0 Å². The van der Waals surface area contributed by atoms with Crippen molar-refractivity contribution in [2.75, 3.05) is 19.6 Å². The van der Waals surface area contributed by atoms with E-state index in [1.54, 1.807) is 27.3 Å². The van der Waals surface area contributed by atoms with Crippen LogP contribution in [0, 0.1) is 0 Å². The Morgan fingerprint density at radius 2 is 1.83 bits per heavy atom. The molecule has 0 bridgehead atoms. The number of benzene rings is 2. The third-order valence-electron chi connectivity index (χ3n) is 5.93. The highest BCUT2D eigenvalue weighted by Crippen LogP contribution is 2.27. The van der Waals surface area contributed by atoms with Crippen LogP contribution in [0.2, 0.25) is 5.02 Å². The first-order valence-corrected chi connectivity index (χ1v) is 12.4. The van der Waals surface area contributed by atoms with Crippen LogP contribution >= 0.6 is 22.9 Å². The van der Waals surface area contributed by atoms with Crippen molar-refractivity contribution in [2.45, 2.75) is 19.4 Å². The van der Waals surface area contributed by atoms with E-state index in [0.29, 0.717) is 30.4 Å². The monoisotopic (exact) mass is 506 g/mol. The molecule has 8 nitrogen and oxygen atoms in total. The number of hydrogen-bond donors (Lipinski definition) is 0. The molecule has 0 unspecified atom stereocenters. The van der Waals surface area contributed by atoms with Crippen LogP contribution in [-0.4, -0.2) is 66.5 Å². The molecule has 1 aliphatic rings. The molecule has 0 aliphatic carbocycles. The first kappa shape index (κ1) is 23.2. The summed E-state index contributed by atoms with van der Waals surface area (Å²) in [5.41, 5.74) is 1.52. The van der Waals surface area contributed by atoms with Gasteiger partial charge in [-0.15, -0.1) is 16.4 Å². The van der Waals surface area contributed by atoms with Gasteiger partial charge in [0.2, 0.25) is 5.82 Å². The molecule has 2 aromatic carbocycles. The number of amides is 2. The van der Waals surface area contributed by atoms with Crippen LogP contribution in [0.25, 0.3) is 16.3 Å². The maximum atomic E-state index is 13.3. The first-order valence-electron chi connectivity index (χ1n) is 11.1. The second-order valence-corrected chi connectivity index (χ2v) is 10.2. The van der Waals surface area contributed by atoms with E-state index in [1.807, 2.05) is 56.3 Å². The van der Waals surface area contributed by atoms with E-state index in [-0.39, 0.29) is 17.6 Å². The largest absolute Gasteiger partial charge is 0.333 e. The van der Waals surface area contributed by atoms with Gasteiger partial charge in [-0.3, -0.25) is 9.59 Å². The normalized spacial score (nSPS) is 15.3. The van der Waals surface area contributed by atoms with Gasteiger partial charge in [0, 0.05) is 35.6 Å². The topological polar surface area (TPSA) is 84.2 Å². The molecule has 10 heteroatoms. The number of piperazine rings is 1. The molecular formula is C25H23ClN6O2S. The van der Waals surface area contributed by atoms with Crippen molar-refractivity contribution >= 4 is 34.8 Å². The van der Waals surface area contributed by atoms with Crippen molar-refractivity contribution < 1.29 is 9.59 Å². The zero-order valence-corrected chi connectivity index (χ0v) is 20.8. The maximum Gasteiger partial charge on any atom is 0.294 e. The smallest absolute Gasteiger partial charge is 0.294 e. The Kier molecular flexibility index (Phi) is 6.12. The lowest BCUT2D eigenvalue weighted by Crippen LogP contribution is -2.62. The van der Waals surface area contributed by atoms with E-state index in [4.69, 9.17) is 11.6 Å². The highest BCUT2D eigenvalue weighted by Gasteiger charge is 2.40. The zero-order valence-electron chi connectivity index (χ0n) is 19.3. The van der Waals surface area contributed by atoms with E-state index < -0.39 is 5.54 Å². The van der Waals surface area contributed by atoms with Gasteiger partial charge < -0.3 is 9.80 Å². The summed E-state index contributed by atoms with van der Waals surface area (Å²) in [6.07, 6.45) is 1.50. The van der Waals surface area contributed by atoms with Crippen molar-refractivity contribution in [1.82, 2.24) is 29.5 Å². The predicted molar refractivity (Wildman–Crippen MR) is 135 cm³/mol. The molecule has 0 atom stereocenters. The van der Waals surface area contributed by atoms with Crippen LogP contribution in [0.4, 0.5) is 0 Å². The highest BCUT2D eigenvalue weighted by atomic mass is 35.5. The number of hydrogen-bond acceptors (Lipinski definition) is 6. The number of aromatic nitrogens is 4. The highest BCUT2D eigenvalue weighted by molar-refractivity contribution is 7.13. The number of carbonyl (C=O) groups excluding carboxylic acids is 2. The summed E-state index contributed by atoms with van der Waals surface area (Å²) in [4.78, 5) is 38.7. The third-order valence-corrected chi connectivity index (χ3v) is 7.06. The molecule has 3 heterocycles. The Morgan fingerprint density at radius 3 is 2.57 bits per heavy atom. The number of thiazole rings is 1. The van der Waals surface area contributed by atoms with Crippen LogP contribution in [0.15, 0.2) is 66.3 Å². The number of rotatable bonds is 4. The predicted octanol–water partition coefficient (Wildman–Crippen LogP) is 4.42. The molecule has 2 aromatic heterocycles. The van der Waals surface area contributed by atoms with Gasteiger partial charge >= 0.3 is 0 Å². The SMILES string of the molecule is CC1(C)CN(C(=O)c2csc(-c3ccccc3)n2)CCN1C(=O)c1ncn(-c2cccc(Cl)c2)n1. The van der Waals surface area contributed by atoms with Gasteiger partial charge in [-0.1, -0.05) is 48.0 Å². The van der Waals surface area contributed by atoms with Crippen LogP contribution in [0.1, 0.15) is 35.0 Å². The van der Waals surface area contributed by atoms with Gasteiger partial charge in [0.1, 0.15) is 17.0 Å². The molecule has 2 amide bonds. The average molecular weight is 507 g/mol. The van der Waals surface area contributed by atoms with E-state index in [2.05, 4.69) is 15.1 Å². The van der Waals surface area contributed by atoms with Crippen molar-refractivity contribution in [3.05, 3.63) is 82.8 Å². The molecule has 35 heavy (non-hydrogen) atoms. The molecule has 1 saturated heterocycles. The van der Waals surface area contributed by atoms with Gasteiger partial charge in [0.05, 0.1) is 11.2 Å². The Hall–Kier alpha value is -3.56. The van der Waals surface area contributed by atoms with Gasteiger partial charge in [-0.25, -0.2) is 14.6 Å². The molecule has 1 fully saturated rings. The fourth-order valence-electron chi connectivity index (χ4n) is 4.18. The summed E-state index contributed by atoms with van der Waals surface area (Å²) in [7, 11) is 0. The molecule has 0 N–H and O–H groups in total. The molecule has 0 spiro atoms. The second kappa shape index (κ2) is 9.24. The minimum Gasteiger partial charge on any atom is -0.333 e. The summed E-state index contributed by atoms with van der Waals surface area (Å²) in [5, 5.41) is 7.54. The Labute approximate surface area is 211 Å². The van der Waals surface area contributed by atoms with Gasteiger partial charge in [-0.2, -0.15) is 0 Å². The minimum absolute atomic E-state index is 0.102. The molecular weight excluding hydrogens is 484 g/mol. The lowest BCUT2D eigenvalue weighted by atomic mass is 9.98. The van der Waals surface area contributed by atoms with Gasteiger partial charge in [-0.05, 0) is 32.0 Å². The lowest BCUT2D eigenvalue weighted by molar-refractivity contribution is 0.0159. The summed E-state index contributed by atoms with van der Waals surface area (Å²) in [6.45, 7) is 5.04. The molecule has 1 aliphatic heterocycles. The zero-order chi connectivity index (χ0) is 24.6. The van der Waals surface area contributed by atoms with Crippen LogP contribution in [-0.2, 0) is 0 Å². The molecule has 178 valence electrons. The fraction of sp³-hybridized carbons (Fsp3) is 0.240. The first-order chi connectivity index (χ1) is 16.8. The molecule has 5 rings (SSSR count). The number of halogens is 1. The molecule has 0 radical (unpaired) electrons. The molecule has 0 saturated carbocycles. The number of carbonyl (C=O) groups is 2. The van der Waals surface area contributed by atoms with Crippen molar-refractivity contribution in [3.8, 4) is 16.3 Å². The average Bonchev–Trinajstić information content (AvgIpc) is 3.54. The fourth-order valence-corrected chi connectivity index (χ4v) is 5.16. The van der Waals surface area contributed by atoms with Crippen molar-refractivity contribution in [1.29, 1.82) is 0 Å². The summed E-state index contributed by atoms with van der Waals surface area (Å²) >= 11 is 7.52. The summed E-state index contributed by atoms with van der Waals surface area (Å²) in [6, 6.07) is 17.0. The Bertz CT molecular complexity index is 1380. The Morgan fingerprint density at radius 1 is 1.03 bits per heavy atom. The van der Waals surface area contributed by atoms with E-state index in [9.17, 15) is 9.59 Å². The number of nitrogens with zero attached hydrogens (tertiary/aromatic N) is 6. The quantitative estimate of drug-likeness (QED) is 0.409. The van der Waals surface area contributed by atoms with E-state index in [1.165, 1.54) is 22.3 Å². The third kappa shape index (κ3) is 4.69.